The van der Waals surface area contributed by atoms with Crippen molar-refractivity contribution in [3.8, 4) is 5.75 Å². The van der Waals surface area contributed by atoms with Gasteiger partial charge in [0.15, 0.2) is 5.78 Å². The predicted molar refractivity (Wildman–Crippen MR) is 82.1 cm³/mol. The van der Waals surface area contributed by atoms with Crippen LogP contribution in [0.4, 0.5) is 0 Å². The molecule has 4 nitrogen and oxygen atoms in total. The molecule has 110 valence electrons. The van der Waals surface area contributed by atoms with Gasteiger partial charge in [-0.3, -0.25) is 4.79 Å². The molecule has 0 aliphatic carbocycles. The van der Waals surface area contributed by atoms with E-state index in [-0.39, 0.29) is 11.7 Å². The fraction of sp³-hybridized carbons (Fsp3) is 0.438. The Kier molecular flexibility index (Phi) is 4.29. The average molecular weight is 302 g/mol. The summed E-state index contributed by atoms with van der Waals surface area (Å²) in [5.74, 6) is 1.31. The van der Waals surface area contributed by atoms with Gasteiger partial charge in [-0.1, -0.05) is 36.0 Å². The molecule has 0 amide bonds. The molecule has 21 heavy (non-hydrogen) atoms. The van der Waals surface area contributed by atoms with Crippen LogP contribution in [0.2, 0.25) is 0 Å². The standard InChI is InChI=1S/C16H18N2O2S/c1-2-5-13-16(21-18-17-13)14(19)10-11-8-9-20-15-7-4-3-6-12(11)15/h3-4,6-7,11H,2,5,8-10H2,1H3. The van der Waals surface area contributed by atoms with Crippen molar-refractivity contribution in [2.45, 2.75) is 38.5 Å². The second-order valence-electron chi connectivity index (χ2n) is 5.30. The molecule has 0 bridgehead atoms. The van der Waals surface area contributed by atoms with Crippen LogP contribution in [-0.2, 0) is 6.42 Å². The van der Waals surface area contributed by atoms with Gasteiger partial charge < -0.3 is 4.74 Å². The minimum Gasteiger partial charge on any atom is -0.493 e. The van der Waals surface area contributed by atoms with Gasteiger partial charge in [0.05, 0.1) is 12.3 Å². The van der Waals surface area contributed by atoms with Gasteiger partial charge in [-0.25, -0.2) is 0 Å². The van der Waals surface area contributed by atoms with Crippen molar-refractivity contribution < 1.29 is 9.53 Å². The number of hydrogen-bond acceptors (Lipinski definition) is 5. The zero-order valence-corrected chi connectivity index (χ0v) is 12.9. The second kappa shape index (κ2) is 6.35. The zero-order valence-electron chi connectivity index (χ0n) is 12.0. The maximum atomic E-state index is 12.6. The monoisotopic (exact) mass is 302 g/mol. The minimum atomic E-state index is 0.162. The Balaban J connectivity index is 1.78. The van der Waals surface area contributed by atoms with E-state index < -0.39 is 0 Å². The van der Waals surface area contributed by atoms with E-state index in [4.69, 9.17) is 4.74 Å². The van der Waals surface area contributed by atoms with Gasteiger partial charge in [0, 0.05) is 6.42 Å². The van der Waals surface area contributed by atoms with E-state index in [1.807, 2.05) is 18.2 Å². The van der Waals surface area contributed by atoms with Crippen LogP contribution in [0.1, 0.15) is 53.0 Å². The van der Waals surface area contributed by atoms with Crippen molar-refractivity contribution in [1.82, 2.24) is 9.59 Å². The topological polar surface area (TPSA) is 52.1 Å². The Morgan fingerprint density at radius 3 is 3.14 bits per heavy atom. The first-order valence-electron chi connectivity index (χ1n) is 7.35. The summed E-state index contributed by atoms with van der Waals surface area (Å²) in [6.07, 6.45) is 3.20. The lowest BCUT2D eigenvalue weighted by atomic mass is 9.88. The molecule has 0 fully saturated rings. The Morgan fingerprint density at radius 1 is 1.43 bits per heavy atom. The molecule has 2 aromatic rings. The average Bonchev–Trinajstić information content (AvgIpc) is 2.96. The number of ether oxygens (including phenoxy) is 1. The van der Waals surface area contributed by atoms with E-state index in [9.17, 15) is 4.79 Å². The lowest BCUT2D eigenvalue weighted by molar-refractivity contribution is 0.0968. The highest BCUT2D eigenvalue weighted by molar-refractivity contribution is 7.08. The maximum absolute atomic E-state index is 12.6. The number of carbonyl (C=O) groups excluding carboxylic acids is 1. The quantitative estimate of drug-likeness (QED) is 0.791. The molecule has 0 saturated heterocycles. The van der Waals surface area contributed by atoms with E-state index in [2.05, 4.69) is 22.6 Å². The van der Waals surface area contributed by atoms with Crippen LogP contribution >= 0.6 is 11.5 Å². The van der Waals surface area contributed by atoms with E-state index in [0.29, 0.717) is 13.0 Å². The van der Waals surface area contributed by atoms with Crippen LogP contribution in [0, 0.1) is 0 Å². The predicted octanol–water partition coefficient (Wildman–Crippen LogP) is 3.63. The Hall–Kier alpha value is -1.75. The highest BCUT2D eigenvalue weighted by atomic mass is 32.1. The summed E-state index contributed by atoms with van der Waals surface area (Å²) in [4.78, 5) is 13.3. The lowest BCUT2D eigenvalue weighted by Gasteiger charge is -2.25. The molecular formula is C16H18N2O2S. The van der Waals surface area contributed by atoms with Crippen molar-refractivity contribution in [2.24, 2.45) is 0 Å². The zero-order chi connectivity index (χ0) is 14.7. The van der Waals surface area contributed by atoms with E-state index in [1.54, 1.807) is 0 Å². The number of hydrogen-bond donors (Lipinski definition) is 0. The summed E-state index contributed by atoms with van der Waals surface area (Å²) in [6.45, 7) is 2.76. The summed E-state index contributed by atoms with van der Waals surface area (Å²) >= 11 is 1.23. The lowest BCUT2D eigenvalue weighted by Crippen LogP contribution is -2.17. The highest BCUT2D eigenvalue weighted by Gasteiger charge is 2.26. The molecule has 0 N–H and O–H groups in total. The molecule has 1 aromatic carbocycles. The van der Waals surface area contributed by atoms with Gasteiger partial charge in [-0.15, -0.1) is 5.10 Å². The molecule has 1 atom stereocenters. The molecule has 1 unspecified atom stereocenters. The Morgan fingerprint density at radius 2 is 2.29 bits per heavy atom. The molecule has 5 heteroatoms. The molecule has 0 spiro atoms. The second-order valence-corrected chi connectivity index (χ2v) is 6.05. The van der Waals surface area contributed by atoms with Crippen LogP contribution in [0.25, 0.3) is 0 Å². The van der Waals surface area contributed by atoms with Crippen molar-refractivity contribution in [3.63, 3.8) is 0 Å². The first-order chi connectivity index (χ1) is 10.3. The first kappa shape index (κ1) is 14.2. The van der Waals surface area contributed by atoms with Gasteiger partial charge in [0.1, 0.15) is 10.6 Å². The summed E-state index contributed by atoms with van der Waals surface area (Å²) in [5, 5.41) is 4.09. The number of ketones is 1. The van der Waals surface area contributed by atoms with Crippen molar-refractivity contribution >= 4 is 17.3 Å². The number of aryl methyl sites for hydroxylation is 1. The molecule has 3 rings (SSSR count). The summed E-state index contributed by atoms with van der Waals surface area (Å²) < 4.78 is 9.60. The third-order valence-corrected chi connectivity index (χ3v) is 4.62. The van der Waals surface area contributed by atoms with Crippen LogP contribution in [0.15, 0.2) is 24.3 Å². The molecular weight excluding hydrogens is 284 g/mol. The SMILES string of the molecule is CCCc1nnsc1C(=O)CC1CCOc2ccccc21. The maximum Gasteiger partial charge on any atom is 0.176 e. The van der Waals surface area contributed by atoms with Crippen molar-refractivity contribution in [3.05, 3.63) is 40.4 Å². The van der Waals surface area contributed by atoms with Crippen LogP contribution in [0.5, 0.6) is 5.75 Å². The number of aromatic nitrogens is 2. The normalized spacial score (nSPS) is 17.1. The number of Topliss-reactive ketones (excluding diaryl/α,β-unsaturated/α-hetero) is 1. The van der Waals surface area contributed by atoms with Crippen molar-refractivity contribution in [2.75, 3.05) is 6.61 Å². The molecule has 0 radical (unpaired) electrons. The number of nitrogens with zero attached hydrogens (tertiary/aromatic N) is 2. The molecule has 1 aliphatic rings. The minimum absolute atomic E-state index is 0.162. The fourth-order valence-corrected chi connectivity index (χ4v) is 3.42. The summed E-state index contributed by atoms with van der Waals surface area (Å²) in [5.41, 5.74) is 2.00. The fourth-order valence-electron chi connectivity index (χ4n) is 2.77. The summed E-state index contributed by atoms with van der Waals surface area (Å²) in [6, 6.07) is 8.00. The van der Waals surface area contributed by atoms with Crippen LogP contribution in [-0.4, -0.2) is 22.0 Å². The van der Waals surface area contributed by atoms with Gasteiger partial charge in [-0.2, -0.15) is 0 Å². The molecule has 0 saturated carbocycles. The van der Waals surface area contributed by atoms with Gasteiger partial charge in [0.25, 0.3) is 0 Å². The smallest absolute Gasteiger partial charge is 0.176 e. The van der Waals surface area contributed by atoms with Gasteiger partial charge in [-0.05, 0) is 41.9 Å². The van der Waals surface area contributed by atoms with Gasteiger partial charge >= 0.3 is 0 Å². The van der Waals surface area contributed by atoms with Crippen LogP contribution < -0.4 is 4.74 Å². The van der Waals surface area contributed by atoms with E-state index >= 15 is 0 Å². The number of carbonyl (C=O) groups is 1. The Labute approximate surface area is 128 Å². The number of para-hydroxylation sites is 1. The summed E-state index contributed by atoms with van der Waals surface area (Å²) in [7, 11) is 0. The van der Waals surface area contributed by atoms with E-state index in [1.165, 1.54) is 11.5 Å². The molecule has 1 aromatic heterocycles. The molecule has 1 aliphatic heterocycles. The van der Waals surface area contributed by atoms with Crippen LogP contribution in [0.3, 0.4) is 0 Å². The molecule has 2 heterocycles. The third kappa shape index (κ3) is 2.97. The number of fused-ring (bicyclic) bond motifs is 1. The number of rotatable bonds is 5. The van der Waals surface area contributed by atoms with Gasteiger partial charge in [0.2, 0.25) is 0 Å². The third-order valence-electron chi connectivity index (χ3n) is 3.81. The highest BCUT2D eigenvalue weighted by Crippen LogP contribution is 2.36. The first-order valence-corrected chi connectivity index (χ1v) is 8.13. The van der Waals surface area contributed by atoms with Crippen molar-refractivity contribution in [1.29, 1.82) is 0 Å². The Bertz CT molecular complexity index is 639. The number of benzene rings is 1. The van der Waals surface area contributed by atoms with E-state index in [0.717, 1.165) is 41.1 Å². The largest absolute Gasteiger partial charge is 0.493 e.